The first-order chi connectivity index (χ1) is 9.91. The van der Waals surface area contributed by atoms with Crippen LogP contribution in [0.3, 0.4) is 0 Å². The van der Waals surface area contributed by atoms with Crippen LogP contribution in [0.25, 0.3) is 10.2 Å². The molecule has 0 saturated heterocycles. The molecule has 0 spiro atoms. The van der Waals surface area contributed by atoms with Gasteiger partial charge in [0.15, 0.2) is 5.13 Å². The van der Waals surface area contributed by atoms with E-state index in [1.807, 2.05) is 0 Å². The predicted molar refractivity (Wildman–Crippen MR) is 76.9 cm³/mol. The van der Waals surface area contributed by atoms with E-state index in [1.54, 1.807) is 5.38 Å². The van der Waals surface area contributed by atoms with Crippen molar-refractivity contribution in [3.63, 3.8) is 0 Å². The van der Waals surface area contributed by atoms with Gasteiger partial charge in [-0.1, -0.05) is 22.7 Å². The third-order valence-corrected chi connectivity index (χ3v) is 4.43. The second-order valence-corrected chi connectivity index (χ2v) is 6.10. The van der Waals surface area contributed by atoms with Crippen molar-refractivity contribution in [3.8, 4) is 0 Å². The smallest absolute Gasteiger partial charge is 0.356 e. The van der Waals surface area contributed by atoms with E-state index in [9.17, 15) is 18.0 Å². The van der Waals surface area contributed by atoms with E-state index < -0.39 is 11.7 Å². The summed E-state index contributed by atoms with van der Waals surface area (Å²) in [4.78, 5) is 17.6. The van der Waals surface area contributed by atoms with Gasteiger partial charge in [0.05, 0.1) is 22.3 Å². The fourth-order valence-corrected chi connectivity index (χ4v) is 3.17. The number of nitrogens with one attached hydrogen (secondary N) is 2. The highest BCUT2D eigenvalue weighted by Gasteiger charge is 2.30. The first-order valence-electron chi connectivity index (χ1n) is 5.80. The molecule has 0 aliphatic heterocycles. The lowest BCUT2D eigenvalue weighted by Gasteiger charge is -2.04. The zero-order valence-electron chi connectivity index (χ0n) is 10.3. The monoisotopic (exact) mass is 331 g/mol. The number of hydrogen-bond donors (Lipinski definition) is 2. The van der Waals surface area contributed by atoms with Gasteiger partial charge in [-0.25, -0.2) is 4.98 Å². The zero-order chi connectivity index (χ0) is 15.0. The van der Waals surface area contributed by atoms with Crippen LogP contribution in [0.2, 0.25) is 0 Å². The third kappa shape index (κ3) is 3.08. The van der Waals surface area contributed by atoms with Crippen molar-refractivity contribution in [3.05, 3.63) is 44.5 Å². The number of nitrogens with zero attached hydrogens (tertiary/aromatic N) is 1. The number of aromatic amines is 1. The van der Waals surface area contributed by atoms with Crippen LogP contribution in [0.5, 0.6) is 0 Å². The molecule has 0 aliphatic rings. The van der Waals surface area contributed by atoms with Gasteiger partial charge >= 0.3 is 11.0 Å². The number of halogens is 3. The Balaban J connectivity index is 1.82. The van der Waals surface area contributed by atoms with Crippen molar-refractivity contribution < 1.29 is 13.2 Å². The summed E-state index contributed by atoms with van der Waals surface area (Å²) in [5.74, 6) is 0. The van der Waals surface area contributed by atoms with E-state index >= 15 is 0 Å². The highest BCUT2D eigenvalue weighted by Crippen LogP contribution is 2.34. The quantitative estimate of drug-likeness (QED) is 0.770. The Kier molecular flexibility index (Phi) is 3.46. The van der Waals surface area contributed by atoms with Crippen molar-refractivity contribution in [1.82, 2.24) is 9.97 Å². The maximum atomic E-state index is 12.6. The summed E-state index contributed by atoms with van der Waals surface area (Å²) in [5, 5.41) is 5.18. The molecule has 0 saturated carbocycles. The fraction of sp³-hybridized carbons (Fsp3) is 0.167. The number of fused-ring (bicyclic) bond motifs is 1. The van der Waals surface area contributed by atoms with Crippen LogP contribution in [0.15, 0.2) is 28.4 Å². The summed E-state index contributed by atoms with van der Waals surface area (Å²) in [6.45, 7) is 0.366. The van der Waals surface area contributed by atoms with E-state index in [1.165, 1.54) is 17.4 Å². The molecule has 0 radical (unpaired) electrons. The molecular weight excluding hydrogens is 323 g/mol. The molecule has 3 aromatic rings. The summed E-state index contributed by atoms with van der Waals surface area (Å²) in [6, 6.07) is 3.48. The topological polar surface area (TPSA) is 57.8 Å². The van der Waals surface area contributed by atoms with Crippen LogP contribution >= 0.6 is 22.7 Å². The molecule has 110 valence electrons. The second kappa shape index (κ2) is 5.15. The van der Waals surface area contributed by atoms with Gasteiger partial charge in [0.2, 0.25) is 0 Å². The van der Waals surface area contributed by atoms with E-state index in [-0.39, 0.29) is 4.87 Å². The normalized spacial score (nSPS) is 12.0. The maximum Gasteiger partial charge on any atom is 0.416 e. The van der Waals surface area contributed by atoms with Crippen LogP contribution < -0.4 is 10.2 Å². The number of rotatable bonds is 3. The Morgan fingerprint density at radius 2 is 2.14 bits per heavy atom. The van der Waals surface area contributed by atoms with Crippen molar-refractivity contribution in [1.29, 1.82) is 0 Å². The lowest BCUT2D eigenvalue weighted by atomic mass is 10.2. The van der Waals surface area contributed by atoms with Crippen LogP contribution in [-0.4, -0.2) is 9.97 Å². The van der Waals surface area contributed by atoms with Crippen molar-refractivity contribution in [2.45, 2.75) is 12.7 Å². The zero-order valence-corrected chi connectivity index (χ0v) is 12.0. The lowest BCUT2D eigenvalue weighted by molar-refractivity contribution is -0.137. The lowest BCUT2D eigenvalue weighted by Crippen LogP contribution is -2.04. The standard InChI is InChI=1S/C12H8F3N3OS2/c13-12(14,15)6-1-2-9-8(3-6)18-10(21-9)16-4-7-5-20-11(19)17-7/h1-3,5H,4H2,(H,16,18)(H,17,19). The highest BCUT2D eigenvalue weighted by atomic mass is 32.1. The Hall–Kier alpha value is -1.87. The van der Waals surface area contributed by atoms with Crippen LogP contribution in [0.4, 0.5) is 18.3 Å². The Bertz CT molecular complexity index is 834. The summed E-state index contributed by atoms with van der Waals surface area (Å²) in [7, 11) is 0. The van der Waals surface area contributed by atoms with Gasteiger partial charge in [-0.3, -0.25) is 4.79 Å². The number of hydrogen-bond acceptors (Lipinski definition) is 5. The Morgan fingerprint density at radius 1 is 1.33 bits per heavy atom. The summed E-state index contributed by atoms with van der Waals surface area (Å²) >= 11 is 2.32. The molecular formula is C12H8F3N3OS2. The molecule has 9 heteroatoms. The SMILES string of the molecule is O=c1[nH]c(CNc2nc3cc(C(F)(F)F)ccc3s2)cs1. The molecule has 1 aromatic carbocycles. The molecule has 0 bridgehead atoms. The Morgan fingerprint density at radius 3 is 2.81 bits per heavy atom. The number of H-pyrrole nitrogens is 1. The first-order valence-corrected chi connectivity index (χ1v) is 7.50. The van der Waals surface area contributed by atoms with Crippen molar-refractivity contribution in [2.75, 3.05) is 5.32 Å². The second-order valence-electron chi connectivity index (χ2n) is 4.23. The highest BCUT2D eigenvalue weighted by molar-refractivity contribution is 7.22. The number of benzene rings is 1. The predicted octanol–water partition coefficient (Wildman–Crippen LogP) is 3.68. The van der Waals surface area contributed by atoms with Gasteiger partial charge in [0, 0.05) is 11.1 Å². The third-order valence-electron chi connectivity index (χ3n) is 2.72. The van der Waals surface area contributed by atoms with Crippen LogP contribution in [0.1, 0.15) is 11.3 Å². The fourth-order valence-electron chi connectivity index (χ4n) is 1.75. The molecule has 0 amide bonds. The van der Waals surface area contributed by atoms with Crippen molar-refractivity contribution >= 4 is 38.0 Å². The average Bonchev–Trinajstić information content (AvgIpc) is 2.99. The minimum Gasteiger partial charge on any atom is -0.356 e. The largest absolute Gasteiger partial charge is 0.416 e. The van der Waals surface area contributed by atoms with Crippen LogP contribution in [-0.2, 0) is 12.7 Å². The summed E-state index contributed by atoms with van der Waals surface area (Å²) in [6.07, 6.45) is -4.37. The van der Waals surface area contributed by atoms with E-state index in [2.05, 4.69) is 15.3 Å². The molecule has 2 N–H and O–H groups in total. The molecule has 0 atom stereocenters. The minimum absolute atomic E-state index is 0.147. The number of thiazole rings is 2. The molecule has 2 aromatic heterocycles. The van der Waals surface area contributed by atoms with Crippen molar-refractivity contribution in [2.24, 2.45) is 0 Å². The van der Waals surface area contributed by atoms with Gasteiger partial charge in [0.1, 0.15) is 0 Å². The number of anilines is 1. The molecule has 3 rings (SSSR count). The minimum atomic E-state index is -4.37. The molecule has 0 aliphatic carbocycles. The summed E-state index contributed by atoms with van der Waals surface area (Å²) < 4.78 is 38.5. The van der Waals surface area contributed by atoms with Gasteiger partial charge < -0.3 is 10.3 Å². The maximum absolute atomic E-state index is 12.6. The van der Waals surface area contributed by atoms with E-state index in [4.69, 9.17) is 0 Å². The number of alkyl halides is 3. The molecule has 21 heavy (non-hydrogen) atoms. The van der Waals surface area contributed by atoms with E-state index in [0.717, 1.165) is 23.5 Å². The molecule has 4 nitrogen and oxygen atoms in total. The first kappa shape index (κ1) is 14.1. The Labute approximate surface area is 124 Å². The molecule has 2 heterocycles. The van der Waals surface area contributed by atoms with Gasteiger partial charge in [-0.15, -0.1) is 0 Å². The molecule has 0 unspecified atom stereocenters. The van der Waals surface area contributed by atoms with Gasteiger partial charge in [0.25, 0.3) is 0 Å². The van der Waals surface area contributed by atoms with Gasteiger partial charge in [-0.2, -0.15) is 13.2 Å². The van der Waals surface area contributed by atoms with Crippen LogP contribution in [0, 0.1) is 0 Å². The average molecular weight is 331 g/mol. The summed E-state index contributed by atoms with van der Waals surface area (Å²) in [5.41, 5.74) is 0.297. The van der Waals surface area contributed by atoms with E-state index in [0.29, 0.717) is 27.6 Å². The molecule has 0 fully saturated rings. The number of aromatic nitrogens is 2. The van der Waals surface area contributed by atoms with Gasteiger partial charge in [-0.05, 0) is 18.2 Å².